The Hall–Kier alpha value is -1.59. The smallest absolute Gasteiger partial charge is 0.306 e. The maximum absolute atomic E-state index is 12.8. The van der Waals surface area contributed by atoms with E-state index in [1.807, 2.05) is 0 Å². The van der Waals surface area contributed by atoms with Crippen molar-refractivity contribution < 1.29 is 28.6 Å². The van der Waals surface area contributed by atoms with E-state index >= 15 is 0 Å². The number of carbonyl (C=O) groups excluding carboxylic acids is 3. The van der Waals surface area contributed by atoms with Gasteiger partial charge in [0, 0.05) is 19.3 Å². The van der Waals surface area contributed by atoms with Crippen LogP contribution in [0.5, 0.6) is 0 Å². The predicted octanol–water partition coefficient (Wildman–Crippen LogP) is 21.5. The Labute approximate surface area is 438 Å². The van der Waals surface area contributed by atoms with E-state index in [-0.39, 0.29) is 31.1 Å². The summed E-state index contributed by atoms with van der Waals surface area (Å²) in [4.78, 5) is 38.1. The SMILES string of the molecule is CCCCCCCCCCCCCCCCCCCCCCCCCCCCCCCC(=O)OCC(COC(=O)CCCCCCCCCCCC)OC(=O)CCCCCCCCCCCCCCC. The lowest BCUT2D eigenvalue weighted by atomic mass is 10.0. The minimum Gasteiger partial charge on any atom is -0.462 e. The van der Waals surface area contributed by atoms with Gasteiger partial charge in [0.15, 0.2) is 6.10 Å². The summed E-state index contributed by atoms with van der Waals surface area (Å²) in [5, 5.41) is 0. The first-order valence-corrected chi connectivity index (χ1v) is 32.0. The first-order valence-electron chi connectivity index (χ1n) is 32.0. The summed E-state index contributed by atoms with van der Waals surface area (Å²) in [6, 6.07) is 0. The lowest BCUT2D eigenvalue weighted by molar-refractivity contribution is -0.167. The highest BCUT2D eigenvalue weighted by molar-refractivity contribution is 5.71. The van der Waals surface area contributed by atoms with E-state index in [0.29, 0.717) is 19.3 Å². The zero-order valence-electron chi connectivity index (χ0n) is 47.8. The molecule has 0 saturated heterocycles. The number of unbranched alkanes of at least 4 members (excludes halogenated alkanes) is 49. The van der Waals surface area contributed by atoms with Gasteiger partial charge in [-0.2, -0.15) is 0 Å². The van der Waals surface area contributed by atoms with Crippen molar-refractivity contribution in [1.82, 2.24) is 0 Å². The van der Waals surface area contributed by atoms with E-state index in [9.17, 15) is 14.4 Å². The Kier molecular flexibility index (Phi) is 58.6. The molecule has 0 aliphatic heterocycles. The molecule has 0 rings (SSSR count). The van der Waals surface area contributed by atoms with Crippen molar-refractivity contribution in [3.63, 3.8) is 0 Å². The van der Waals surface area contributed by atoms with Gasteiger partial charge in [0.05, 0.1) is 0 Å². The van der Waals surface area contributed by atoms with Crippen molar-refractivity contribution >= 4 is 17.9 Å². The van der Waals surface area contributed by atoms with Crippen LogP contribution in [0.2, 0.25) is 0 Å². The highest BCUT2D eigenvalue weighted by Gasteiger charge is 2.19. The first kappa shape index (κ1) is 68.4. The Morgan fingerprint density at radius 3 is 0.571 bits per heavy atom. The van der Waals surface area contributed by atoms with E-state index in [2.05, 4.69) is 20.8 Å². The molecule has 0 aliphatic rings. The normalized spacial score (nSPS) is 11.9. The summed E-state index contributed by atoms with van der Waals surface area (Å²) >= 11 is 0. The molecule has 0 fully saturated rings. The van der Waals surface area contributed by atoms with Gasteiger partial charge in [-0.05, 0) is 19.3 Å². The molecule has 6 nitrogen and oxygen atoms in total. The standard InChI is InChI=1S/C64H124O6/c1-4-7-10-13-16-19-22-24-25-26-27-28-29-30-31-32-33-34-35-36-37-38-39-41-42-45-48-51-54-57-63(66)69-60-61(59-68-62(65)56-53-50-47-44-21-18-15-12-9-6-3)70-64(67)58-55-52-49-46-43-40-23-20-17-14-11-8-5-2/h61H,4-60H2,1-3H3. The van der Waals surface area contributed by atoms with Gasteiger partial charge >= 0.3 is 17.9 Å². The maximum atomic E-state index is 12.8. The van der Waals surface area contributed by atoms with Crippen LogP contribution < -0.4 is 0 Å². The van der Waals surface area contributed by atoms with Crippen LogP contribution in [0.3, 0.4) is 0 Å². The van der Waals surface area contributed by atoms with Gasteiger partial charge in [-0.15, -0.1) is 0 Å². The molecule has 0 saturated carbocycles. The molecule has 6 heteroatoms. The molecule has 0 aliphatic carbocycles. The first-order chi connectivity index (χ1) is 34.5. The number of rotatable bonds is 60. The van der Waals surface area contributed by atoms with Crippen molar-refractivity contribution in [3.8, 4) is 0 Å². The van der Waals surface area contributed by atoms with E-state index in [0.717, 1.165) is 57.8 Å². The zero-order valence-corrected chi connectivity index (χ0v) is 47.8. The van der Waals surface area contributed by atoms with Crippen molar-refractivity contribution in [3.05, 3.63) is 0 Å². The Morgan fingerprint density at radius 2 is 0.386 bits per heavy atom. The van der Waals surface area contributed by atoms with Crippen molar-refractivity contribution in [2.45, 2.75) is 380 Å². The van der Waals surface area contributed by atoms with E-state index < -0.39 is 6.10 Å². The molecular formula is C64H124O6. The van der Waals surface area contributed by atoms with E-state index in [4.69, 9.17) is 14.2 Å². The minimum atomic E-state index is -0.761. The van der Waals surface area contributed by atoms with Gasteiger partial charge in [0.1, 0.15) is 13.2 Å². The minimum absolute atomic E-state index is 0.0612. The molecule has 0 heterocycles. The molecule has 0 radical (unpaired) electrons. The van der Waals surface area contributed by atoms with Crippen LogP contribution in [0.25, 0.3) is 0 Å². The Morgan fingerprint density at radius 1 is 0.229 bits per heavy atom. The number of esters is 3. The van der Waals surface area contributed by atoms with Crippen LogP contribution in [0.1, 0.15) is 374 Å². The lowest BCUT2D eigenvalue weighted by Crippen LogP contribution is -2.30. The highest BCUT2D eigenvalue weighted by Crippen LogP contribution is 2.19. The van der Waals surface area contributed by atoms with Gasteiger partial charge in [-0.1, -0.05) is 335 Å². The topological polar surface area (TPSA) is 78.9 Å². The average Bonchev–Trinajstić information content (AvgIpc) is 3.36. The fourth-order valence-corrected chi connectivity index (χ4v) is 10.0. The molecular weight excluding hydrogens is 865 g/mol. The summed E-state index contributed by atoms with van der Waals surface area (Å²) in [6.07, 6.45) is 68.5. The summed E-state index contributed by atoms with van der Waals surface area (Å²) in [5.41, 5.74) is 0. The van der Waals surface area contributed by atoms with Crippen LogP contribution in [0, 0.1) is 0 Å². The van der Waals surface area contributed by atoms with Crippen LogP contribution >= 0.6 is 0 Å². The fourth-order valence-electron chi connectivity index (χ4n) is 10.0. The van der Waals surface area contributed by atoms with Crippen LogP contribution in [0.4, 0.5) is 0 Å². The third-order valence-corrected chi connectivity index (χ3v) is 14.9. The molecule has 0 aromatic carbocycles. The lowest BCUT2D eigenvalue weighted by Gasteiger charge is -2.18. The molecule has 0 bridgehead atoms. The Balaban J connectivity index is 4.02. The van der Waals surface area contributed by atoms with Crippen LogP contribution in [-0.4, -0.2) is 37.2 Å². The second-order valence-corrected chi connectivity index (χ2v) is 22.1. The molecule has 1 atom stereocenters. The number of ether oxygens (including phenoxy) is 3. The number of hydrogen-bond donors (Lipinski definition) is 0. The third kappa shape index (κ3) is 57.3. The Bertz CT molecular complexity index is 1040. The summed E-state index contributed by atoms with van der Waals surface area (Å²) in [7, 11) is 0. The highest BCUT2D eigenvalue weighted by atomic mass is 16.6. The monoisotopic (exact) mass is 989 g/mol. The van der Waals surface area contributed by atoms with Gasteiger partial charge in [0.25, 0.3) is 0 Å². The molecule has 416 valence electrons. The molecule has 0 aromatic rings. The van der Waals surface area contributed by atoms with Crippen molar-refractivity contribution in [2.75, 3.05) is 13.2 Å². The van der Waals surface area contributed by atoms with Crippen molar-refractivity contribution in [2.24, 2.45) is 0 Å². The second-order valence-electron chi connectivity index (χ2n) is 22.1. The van der Waals surface area contributed by atoms with Gasteiger partial charge in [0.2, 0.25) is 0 Å². The third-order valence-electron chi connectivity index (χ3n) is 14.9. The molecule has 0 N–H and O–H groups in total. The molecule has 0 spiro atoms. The molecule has 0 aromatic heterocycles. The fraction of sp³-hybridized carbons (Fsp3) is 0.953. The summed E-state index contributed by atoms with van der Waals surface area (Å²) in [5.74, 6) is -0.834. The molecule has 70 heavy (non-hydrogen) atoms. The predicted molar refractivity (Wildman–Crippen MR) is 303 cm³/mol. The molecule has 0 amide bonds. The van der Waals surface area contributed by atoms with Crippen molar-refractivity contribution in [1.29, 1.82) is 0 Å². The summed E-state index contributed by atoms with van der Waals surface area (Å²) in [6.45, 7) is 6.70. The van der Waals surface area contributed by atoms with Crippen LogP contribution in [-0.2, 0) is 28.6 Å². The van der Waals surface area contributed by atoms with Gasteiger partial charge in [-0.3, -0.25) is 14.4 Å². The van der Waals surface area contributed by atoms with Gasteiger partial charge in [-0.25, -0.2) is 0 Å². The second kappa shape index (κ2) is 60.0. The number of carbonyl (C=O) groups is 3. The maximum Gasteiger partial charge on any atom is 0.306 e. The summed E-state index contributed by atoms with van der Waals surface area (Å²) < 4.78 is 16.9. The largest absolute Gasteiger partial charge is 0.462 e. The van der Waals surface area contributed by atoms with Gasteiger partial charge < -0.3 is 14.2 Å². The zero-order chi connectivity index (χ0) is 50.7. The quantitative estimate of drug-likeness (QED) is 0.0343. The van der Waals surface area contributed by atoms with E-state index in [1.165, 1.54) is 276 Å². The molecule has 1 unspecified atom stereocenters. The number of hydrogen-bond acceptors (Lipinski definition) is 6. The van der Waals surface area contributed by atoms with E-state index in [1.54, 1.807) is 0 Å². The van der Waals surface area contributed by atoms with Crippen LogP contribution in [0.15, 0.2) is 0 Å². The average molecular weight is 990 g/mol.